The lowest BCUT2D eigenvalue weighted by atomic mass is 9.82. The molecule has 76 valence electrons. The average molecular weight is 184 g/mol. The first-order valence-corrected chi connectivity index (χ1v) is 5.51. The molecule has 0 spiro atoms. The van der Waals surface area contributed by atoms with Crippen molar-refractivity contribution < 1.29 is 9.90 Å². The molecular weight excluding hydrogens is 164 g/mol. The molecule has 0 unspecified atom stereocenters. The lowest BCUT2D eigenvalue weighted by Crippen LogP contribution is -2.10. The summed E-state index contributed by atoms with van der Waals surface area (Å²) in [6.07, 6.45) is 10.5. The van der Waals surface area contributed by atoms with Gasteiger partial charge < -0.3 is 5.11 Å². The van der Waals surface area contributed by atoms with Gasteiger partial charge in [0.25, 0.3) is 0 Å². The van der Waals surface area contributed by atoms with Crippen LogP contribution in [0.3, 0.4) is 0 Å². The van der Waals surface area contributed by atoms with Gasteiger partial charge in [-0.05, 0) is 12.3 Å². The Hall–Kier alpha value is -0.530. The zero-order valence-corrected chi connectivity index (χ0v) is 8.30. The molecule has 1 N–H and O–H groups in total. The Labute approximate surface area is 80.3 Å². The maximum Gasteiger partial charge on any atom is 0.303 e. The van der Waals surface area contributed by atoms with Gasteiger partial charge in [-0.25, -0.2) is 0 Å². The van der Waals surface area contributed by atoms with Crippen molar-refractivity contribution in [1.29, 1.82) is 0 Å². The summed E-state index contributed by atoms with van der Waals surface area (Å²) in [5, 5.41) is 8.41. The number of unbranched alkanes of at least 4 members (excludes halogenated alkanes) is 3. The van der Waals surface area contributed by atoms with E-state index in [9.17, 15) is 4.79 Å². The van der Waals surface area contributed by atoms with Crippen LogP contribution in [0.4, 0.5) is 0 Å². The summed E-state index contributed by atoms with van der Waals surface area (Å²) < 4.78 is 0. The fourth-order valence-electron chi connectivity index (χ4n) is 1.84. The van der Waals surface area contributed by atoms with Crippen molar-refractivity contribution in [3.63, 3.8) is 0 Å². The maximum atomic E-state index is 10.2. The highest BCUT2D eigenvalue weighted by atomic mass is 16.4. The van der Waals surface area contributed by atoms with E-state index < -0.39 is 5.97 Å². The molecule has 1 fully saturated rings. The minimum absolute atomic E-state index is 0.351. The summed E-state index contributed by atoms with van der Waals surface area (Å²) in [6.45, 7) is 0. The van der Waals surface area contributed by atoms with Crippen LogP contribution in [0, 0.1) is 5.92 Å². The predicted octanol–water partition coefficient (Wildman–Crippen LogP) is 3.21. The first-order valence-electron chi connectivity index (χ1n) is 5.51. The van der Waals surface area contributed by atoms with Crippen LogP contribution in [0.15, 0.2) is 0 Å². The van der Waals surface area contributed by atoms with Crippen LogP contribution >= 0.6 is 0 Å². The van der Waals surface area contributed by atoms with E-state index in [4.69, 9.17) is 5.11 Å². The molecule has 1 saturated carbocycles. The van der Waals surface area contributed by atoms with E-state index in [1.165, 1.54) is 38.5 Å². The van der Waals surface area contributed by atoms with E-state index in [2.05, 4.69) is 0 Å². The minimum Gasteiger partial charge on any atom is -0.481 e. The number of carboxylic acid groups (broad SMARTS) is 1. The fourth-order valence-corrected chi connectivity index (χ4v) is 1.84. The zero-order valence-electron chi connectivity index (χ0n) is 8.30. The maximum absolute atomic E-state index is 10.2. The number of rotatable bonds is 7. The van der Waals surface area contributed by atoms with Crippen molar-refractivity contribution in [3.05, 3.63) is 0 Å². The molecule has 2 nitrogen and oxygen atoms in total. The molecule has 13 heavy (non-hydrogen) atoms. The van der Waals surface area contributed by atoms with E-state index in [-0.39, 0.29) is 0 Å². The smallest absolute Gasteiger partial charge is 0.303 e. The molecule has 0 aliphatic heterocycles. The van der Waals surface area contributed by atoms with Gasteiger partial charge in [0.1, 0.15) is 0 Å². The van der Waals surface area contributed by atoms with Gasteiger partial charge in [0.2, 0.25) is 0 Å². The molecule has 0 atom stereocenters. The van der Waals surface area contributed by atoms with Crippen molar-refractivity contribution >= 4 is 5.97 Å². The first-order chi connectivity index (χ1) is 6.29. The molecule has 1 aliphatic carbocycles. The summed E-state index contributed by atoms with van der Waals surface area (Å²) in [5.74, 6) is 0.360. The number of hydrogen-bond donors (Lipinski definition) is 1. The van der Waals surface area contributed by atoms with Gasteiger partial charge in [0.05, 0.1) is 0 Å². The van der Waals surface area contributed by atoms with E-state index in [1.54, 1.807) is 0 Å². The second-order valence-corrected chi connectivity index (χ2v) is 4.14. The normalized spacial score (nSPS) is 16.9. The third-order valence-corrected chi connectivity index (χ3v) is 2.98. The van der Waals surface area contributed by atoms with Crippen molar-refractivity contribution in [2.45, 2.75) is 57.8 Å². The van der Waals surface area contributed by atoms with E-state index in [0.717, 1.165) is 18.8 Å². The molecule has 0 aromatic rings. The second kappa shape index (κ2) is 6.01. The van der Waals surface area contributed by atoms with Gasteiger partial charge in [0, 0.05) is 6.42 Å². The fraction of sp³-hybridized carbons (Fsp3) is 0.909. The molecule has 0 heterocycles. The van der Waals surface area contributed by atoms with Gasteiger partial charge in [-0.15, -0.1) is 0 Å². The molecular formula is C11H20O2. The topological polar surface area (TPSA) is 37.3 Å². The Balaban J connectivity index is 1.75. The number of carboxylic acids is 1. The SMILES string of the molecule is O=C(O)CCCCCCC1CCC1. The molecule has 0 aromatic carbocycles. The summed E-state index contributed by atoms with van der Waals surface area (Å²) in [4.78, 5) is 10.2. The number of hydrogen-bond acceptors (Lipinski definition) is 1. The highest BCUT2D eigenvalue weighted by molar-refractivity contribution is 5.66. The van der Waals surface area contributed by atoms with Crippen LogP contribution in [-0.4, -0.2) is 11.1 Å². The van der Waals surface area contributed by atoms with E-state index in [0.29, 0.717) is 6.42 Å². The van der Waals surface area contributed by atoms with Crippen LogP contribution in [0.25, 0.3) is 0 Å². The van der Waals surface area contributed by atoms with Crippen LogP contribution in [-0.2, 0) is 4.79 Å². The highest BCUT2D eigenvalue weighted by Gasteiger charge is 2.15. The molecule has 2 heteroatoms. The Bertz CT molecular complexity index is 150. The Morgan fingerprint density at radius 3 is 2.38 bits per heavy atom. The Morgan fingerprint density at radius 2 is 1.85 bits per heavy atom. The minimum atomic E-state index is -0.654. The van der Waals surface area contributed by atoms with Gasteiger partial charge >= 0.3 is 5.97 Å². The van der Waals surface area contributed by atoms with Crippen molar-refractivity contribution in [2.75, 3.05) is 0 Å². The summed E-state index contributed by atoms with van der Waals surface area (Å²) in [7, 11) is 0. The van der Waals surface area contributed by atoms with Gasteiger partial charge in [0.15, 0.2) is 0 Å². The summed E-state index contributed by atoms with van der Waals surface area (Å²) >= 11 is 0. The lowest BCUT2D eigenvalue weighted by Gasteiger charge is -2.24. The standard InChI is InChI=1S/C11H20O2/c12-11(13)9-4-2-1-3-6-10-7-5-8-10/h10H,1-9H2,(H,12,13). The molecule has 1 aliphatic rings. The second-order valence-electron chi connectivity index (χ2n) is 4.14. The first kappa shape index (κ1) is 10.6. The van der Waals surface area contributed by atoms with Crippen LogP contribution in [0.5, 0.6) is 0 Å². The van der Waals surface area contributed by atoms with Gasteiger partial charge in [-0.2, -0.15) is 0 Å². The Kier molecular flexibility index (Phi) is 4.87. The average Bonchev–Trinajstić information content (AvgIpc) is 1.99. The largest absolute Gasteiger partial charge is 0.481 e. The quantitative estimate of drug-likeness (QED) is 0.617. The number of carbonyl (C=O) groups is 1. The predicted molar refractivity (Wildman–Crippen MR) is 52.7 cm³/mol. The van der Waals surface area contributed by atoms with Crippen LogP contribution < -0.4 is 0 Å². The van der Waals surface area contributed by atoms with Crippen molar-refractivity contribution in [2.24, 2.45) is 5.92 Å². The van der Waals surface area contributed by atoms with Gasteiger partial charge in [-0.1, -0.05) is 44.9 Å². The molecule has 0 bridgehead atoms. The molecule has 0 aromatic heterocycles. The van der Waals surface area contributed by atoms with Gasteiger partial charge in [-0.3, -0.25) is 4.79 Å². The van der Waals surface area contributed by atoms with Crippen molar-refractivity contribution in [3.8, 4) is 0 Å². The molecule has 0 saturated heterocycles. The molecule has 0 radical (unpaired) electrons. The summed E-state index contributed by atoms with van der Waals surface area (Å²) in [6, 6.07) is 0. The monoisotopic (exact) mass is 184 g/mol. The van der Waals surface area contributed by atoms with E-state index in [1.807, 2.05) is 0 Å². The highest BCUT2D eigenvalue weighted by Crippen LogP contribution is 2.31. The lowest BCUT2D eigenvalue weighted by molar-refractivity contribution is -0.137. The van der Waals surface area contributed by atoms with Crippen LogP contribution in [0.1, 0.15) is 57.8 Å². The number of aliphatic carboxylic acids is 1. The summed E-state index contributed by atoms with van der Waals surface area (Å²) in [5.41, 5.74) is 0. The van der Waals surface area contributed by atoms with E-state index >= 15 is 0 Å². The van der Waals surface area contributed by atoms with Crippen molar-refractivity contribution in [1.82, 2.24) is 0 Å². The van der Waals surface area contributed by atoms with Crippen LogP contribution in [0.2, 0.25) is 0 Å². The molecule has 0 amide bonds. The molecule has 1 rings (SSSR count). The third-order valence-electron chi connectivity index (χ3n) is 2.98. The Morgan fingerprint density at radius 1 is 1.15 bits per heavy atom. The third kappa shape index (κ3) is 4.91. The zero-order chi connectivity index (χ0) is 9.52.